The number of carbonyl (C=O) groups is 1. The van der Waals surface area contributed by atoms with Gasteiger partial charge in [-0.1, -0.05) is 49.2 Å². The molecule has 154 valence electrons. The second-order valence-corrected chi connectivity index (χ2v) is 8.86. The first kappa shape index (κ1) is 19.1. The molecule has 6 heteroatoms. The third-order valence-corrected chi connectivity index (χ3v) is 7.02. The van der Waals surface area contributed by atoms with E-state index in [-0.39, 0.29) is 18.7 Å². The largest absolute Gasteiger partial charge is 0.454 e. The summed E-state index contributed by atoms with van der Waals surface area (Å²) in [5, 5.41) is 0.894. The first-order chi connectivity index (χ1) is 14.7. The van der Waals surface area contributed by atoms with Crippen LogP contribution < -0.4 is 9.47 Å². The SMILES string of the molecule is Cc1nc(-c2ccccc2)sc1C(=O)N(Cc1ccc2c(c1)OCO2)C1CCCC1. The van der Waals surface area contributed by atoms with Crippen molar-refractivity contribution in [1.82, 2.24) is 9.88 Å². The van der Waals surface area contributed by atoms with Gasteiger partial charge in [0.25, 0.3) is 5.91 Å². The monoisotopic (exact) mass is 420 g/mol. The first-order valence-electron chi connectivity index (χ1n) is 10.4. The highest BCUT2D eigenvalue weighted by molar-refractivity contribution is 7.17. The van der Waals surface area contributed by atoms with Gasteiger partial charge in [0, 0.05) is 18.2 Å². The van der Waals surface area contributed by atoms with Crippen molar-refractivity contribution in [2.75, 3.05) is 6.79 Å². The van der Waals surface area contributed by atoms with Crippen molar-refractivity contribution in [1.29, 1.82) is 0 Å². The number of hydrogen-bond donors (Lipinski definition) is 0. The smallest absolute Gasteiger partial charge is 0.266 e. The molecule has 5 nitrogen and oxygen atoms in total. The zero-order valence-corrected chi connectivity index (χ0v) is 17.8. The number of nitrogens with zero attached hydrogens (tertiary/aromatic N) is 2. The molecule has 5 rings (SSSR count). The summed E-state index contributed by atoms with van der Waals surface area (Å²) >= 11 is 1.49. The Morgan fingerprint density at radius 3 is 2.67 bits per heavy atom. The van der Waals surface area contributed by atoms with Crippen LogP contribution in [-0.2, 0) is 6.54 Å². The number of thiazole rings is 1. The van der Waals surface area contributed by atoms with Crippen molar-refractivity contribution >= 4 is 17.2 Å². The molecule has 0 spiro atoms. The maximum atomic E-state index is 13.7. The fourth-order valence-electron chi connectivity index (χ4n) is 4.25. The normalized spacial score (nSPS) is 15.5. The third kappa shape index (κ3) is 3.67. The molecular formula is C24H24N2O3S. The highest BCUT2D eigenvalue weighted by Gasteiger charge is 2.30. The molecule has 1 aliphatic carbocycles. The Kier molecular flexibility index (Phi) is 5.17. The van der Waals surface area contributed by atoms with Crippen molar-refractivity contribution in [3.05, 3.63) is 64.7 Å². The number of aromatic nitrogens is 1. The molecule has 1 amide bonds. The van der Waals surface area contributed by atoms with Crippen LogP contribution in [0.2, 0.25) is 0 Å². The maximum absolute atomic E-state index is 13.7. The van der Waals surface area contributed by atoms with Crippen LogP contribution in [-0.4, -0.2) is 28.6 Å². The Hall–Kier alpha value is -2.86. The van der Waals surface area contributed by atoms with Crippen LogP contribution in [0.25, 0.3) is 10.6 Å². The number of aryl methyl sites for hydroxylation is 1. The molecule has 30 heavy (non-hydrogen) atoms. The third-order valence-electron chi connectivity index (χ3n) is 5.83. The van der Waals surface area contributed by atoms with E-state index in [4.69, 9.17) is 14.5 Å². The lowest BCUT2D eigenvalue weighted by Gasteiger charge is -2.29. The predicted octanol–water partition coefficient (Wildman–Crippen LogP) is 5.43. The minimum Gasteiger partial charge on any atom is -0.454 e. The van der Waals surface area contributed by atoms with E-state index in [0.29, 0.717) is 6.54 Å². The van der Waals surface area contributed by atoms with Gasteiger partial charge in [-0.2, -0.15) is 0 Å². The van der Waals surface area contributed by atoms with Gasteiger partial charge in [-0.05, 0) is 37.5 Å². The average molecular weight is 421 g/mol. The molecule has 2 heterocycles. The summed E-state index contributed by atoms with van der Waals surface area (Å²) < 4.78 is 11.0. The Morgan fingerprint density at radius 2 is 1.87 bits per heavy atom. The van der Waals surface area contributed by atoms with Crippen molar-refractivity contribution < 1.29 is 14.3 Å². The van der Waals surface area contributed by atoms with Gasteiger partial charge in [0.05, 0.1) is 5.69 Å². The van der Waals surface area contributed by atoms with Crippen LogP contribution in [0.4, 0.5) is 0 Å². The molecule has 1 saturated carbocycles. The minimum atomic E-state index is 0.0803. The number of carbonyl (C=O) groups excluding carboxylic acids is 1. The van der Waals surface area contributed by atoms with E-state index in [1.807, 2.05) is 60.4 Å². The molecule has 0 saturated heterocycles. The van der Waals surface area contributed by atoms with Crippen LogP contribution in [0.5, 0.6) is 11.5 Å². The summed E-state index contributed by atoms with van der Waals surface area (Å²) in [6.45, 7) is 2.76. The quantitative estimate of drug-likeness (QED) is 0.552. The van der Waals surface area contributed by atoms with E-state index in [9.17, 15) is 4.79 Å². The predicted molar refractivity (Wildman–Crippen MR) is 117 cm³/mol. The Morgan fingerprint density at radius 1 is 1.10 bits per heavy atom. The number of ether oxygens (including phenoxy) is 2. The number of fused-ring (bicyclic) bond motifs is 1. The highest BCUT2D eigenvalue weighted by atomic mass is 32.1. The summed E-state index contributed by atoms with van der Waals surface area (Å²) in [6.07, 6.45) is 4.46. The van der Waals surface area contributed by atoms with E-state index in [0.717, 1.165) is 51.0 Å². The van der Waals surface area contributed by atoms with Crippen molar-refractivity contribution in [3.63, 3.8) is 0 Å². The fraction of sp³-hybridized carbons (Fsp3) is 0.333. The van der Waals surface area contributed by atoms with Crippen LogP contribution in [0.15, 0.2) is 48.5 Å². The fourth-order valence-corrected chi connectivity index (χ4v) is 5.28. The lowest BCUT2D eigenvalue weighted by Crippen LogP contribution is -2.38. The molecule has 0 atom stereocenters. The highest BCUT2D eigenvalue weighted by Crippen LogP contribution is 2.35. The Balaban J connectivity index is 1.44. The van der Waals surface area contributed by atoms with Crippen molar-refractivity contribution in [2.24, 2.45) is 0 Å². The maximum Gasteiger partial charge on any atom is 0.266 e. The number of amides is 1. The minimum absolute atomic E-state index is 0.0803. The van der Waals surface area contributed by atoms with E-state index in [1.54, 1.807) is 0 Å². The van der Waals surface area contributed by atoms with Gasteiger partial charge in [0.15, 0.2) is 11.5 Å². The summed E-state index contributed by atoms with van der Waals surface area (Å²) in [5.41, 5.74) is 2.91. The molecule has 1 aliphatic heterocycles. The summed E-state index contributed by atoms with van der Waals surface area (Å²) in [5.74, 6) is 1.60. The number of hydrogen-bond acceptors (Lipinski definition) is 5. The summed E-state index contributed by atoms with van der Waals surface area (Å²) in [7, 11) is 0. The molecular weight excluding hydrogens is 396 g/mol. The zero-order valence-electron chi connectivity index (χ0n) is 17.0. The molecule has 3 aromatic rings. The number of benzene rings is 2. The van der Waals surface area contributed by atoms with Gasteiger partial charge >= 0.3 is 0 Å². The summed E-state index contributed by atoms with van der Waals surface area (Å²) in [6, 6.07) is 16.3. The number of rotatable bonds is 5. The van der Waals surface area contributed by atoms with Crippen LogP contribution in [0.3, 0.4) is 0 Å². The molecule has 2 aromatic carbocycles. The first-order valence-corrected chi connectivity index (χ1v) is 11.2. The lowest BCUT2D eigenvalue weighted by atomic mass is 10.1. The summed E-state index contributed by atoms with van der Waals surface area (Å²) in [4.78, 5) is 21.2. The van der Waals surface area contributed by atoms with Crippen LogP contribution in [0, 0.1) is 6.92 Å². The van der Waals surface area contributed by atoms with E-state index in [1.165, 1.54) is 24.2 Å². The lowest BCUT2D eigenvalue weighted by molar-refractivity contribution is 0.0668. The molecule has 1 aromatic heterocycles. The molecule has 0 unspecified atom stereocenters. The molecule has 0 bridgehead atoms. The second-order valence-electron chi connectivity index (χ2n) is 7.86. The van der Waals surface area contributed by atoms with E-state index < -0.39 is 0 Å². The van der Waals surface area contributed by atoms with Gasteiger partial charge < -0.3 is 14.4 Å². The molecule has 1 fully saturated rings. The Bertz CT molecular complexity index is 1060. The van der Waals surface area contributed by atoms with Crippen LogP contribution in [0.1, 0.15) is 46.6 Å². The van der Waals surface area contributed by atoms with E-state index in [2.05, 4.69) is 0 Å². The van der Waals surface area contributed by atoms with Crippen LogP contribution >= 0.6 is 11.3 Å². The standard InChI is InChI=1S/C24H24N2O3S/c1-16-22(30-23(25-16)18-7-3-2-4-8-18)24(27)26(19-9-5-6-10-19)14-17-11-12-20-21(13-17)29-15-28-20/h2-4,7-8,11-13,19H,5-6,9-10,14-15H2,1H3. The Labute approximate surface area is 180 Å². The van der Waals surface area contributed by atoms with Crippen molar-refractivity contribution in [3.8, 4) is 22.1 Å². The topological polar surface area (TPSA) is 51.7 Å². The van der Waals surface area contributed by atoms with Gasteiger partial charge in [0.1, 0.15) is 9.88 Å². The molecule has 2 aliphatic rings. The van der Waals surface area contributed by atoms with Gasteiger partial charge in [0.2, 0.25) is 6.79 Å². The molecule has 0 N–H and O–H groups in total. The van der Waals surface area contributed by atoms with Gasteiger partial charge in [-0.15, -0.1) is 11.3 Å². The average Bonchev–Trinajstić information content (AvgIpc) is 3.52. The molecule has 0 radical (unpaired) electrons. The van der Waals surface area contributed by atoms with Crippen molar-refractivity contribution in [2.45, 2.75) is 45.2 Å². The van der Waals surface area contributed by atoms with Gasteiger partial charge in [-0.3, -0.25) is 4.79 Å². The van der Waals surface area contributed by atoms with E-state index >= 15 is 0 Å². The zero-order chi connectivity index (χ0) is 20.5. The van der Waals surface area contributed by atoms with Gasteiger partial charge in [-0.25, -0.2) is 4.98 Å². The second kappa shape index (κ2) is 8.11.